The molecule has 0 saturated carbocycles. The lowest BCUT2D eigenvalue weighted by atomic mass is 9.98. The molecule has 1 heterocycles. The fourth-order valence-electron chi connectivity index (χ4n) is 4.03. The summed E-state index contributed by atoms with van der Waals surface area (Å²) in [4.78, 5) is 0. The van der Waals surface area contributed by atoms with Gasteiger partial charge >= 0.3 is 7.60 Å². The van der Waals surface area contributed by atoms with Gasteiger partial charge in [-0.05, 0) is 43.9 Å². The van der Waals surface area contributed by atoms with Gasteiger partial charge in [-0.15, -0.1) is 0 Å². The van der Waals surface area contributed by atoms with Crippen molar-refractivity contribution in [2.24, 2.45) is 0 Å². The van der Waals surface area contributed by atoms with Crippen LogP contribution in [0.1, 0.15) is 25.8 Å². The zero-order valence-corrected chi connectivity index (χ0v) is 20.9. The maximum Gasteiger partial charge on any atom is 0.330 e. The predicted molar refractivity (Wildman–Crippen MR) is 130 cm³/mol. The zero-order valence-electron chi connectivity index (χ0n) is 20.0. The number of aryl methyl sites for hydroxylation is 1. The minimum absolute atomic E-state index is 0.329. The maximum absolute atomic E-state index is 12.7. The largest absolute Gasteiger partial charge is 0.461 e. The van der Waals surface area contributed by atoms with Crippen molar-refractivity contribution in [1.29, 1.82) is 0 Å². The number of hydrogen-bond donors (Lipinski definition) is 4. The summed E-state index contributed by atoms with van der Waals surface area (Å²) in [7, 11) is -3.09. The first-order valence-corrected chi connectivity index (χ1v) is 13.6. The standard InChI is InChI=1S/C25H35O9P/c1-3-31-35(30,32-4-2)14-8-10-17-9-7-11-18(15-17)19-12-5-6-13-20(19)33-25-24(29)23(28)22(27)21(16-26)34-25/h5-7,9,11-13,15,21-29H,3-4,8,10,14,16H2,1-2H3/t21-,22-,23+,24+,25-/m1/s1. The van der Waals surface area contributed by atoms with Crippen LogP contribution in [0.25, 0.3) is 11.1 Å². The van der Waals surface area contributed by atoms with E-state index in [1.807, 2.05) is 36.4 Å². The average molecular weight is 511 g/mol. The number of aliphatic hydroxyl groups is 4. The summed E-state index contributed by atoms with van der Waals surface area (Å²) in [5.41, 5.74) is 2.63. The number of aliphatic hydroxyl groups excluding tert-OH is 4. The monoisotopic (exact) mass is 510 g/mol. The van der Waals surface area contributed by atoms with Crippen molar-refractivity contribution in [1.82, 2.24) is 0 Å². The summed E-state index contributed by atoms with van der Waals surface area (Å²) in [6, 6.07) is 15.0. The van der Waals surface area contributed by atoms with E-state index in [9.17, 15) is 25.0 Å². The highest BCUT2D eigenvalue weighted by atomic mass is 31.2. The van der Waals surface area contributed by atoms with Gasteiger partial charge in [0.25, 0.3) is 0 Å². The Hall–Kier alpha value is -1.81. The molecule has 10 heteroatoms. The van der Waals surface area contributed by atoms with Crippen LogP contribution in [0.3, 0.4) is 0 Å². The molecule has 2 aromatic rings. The second kappa shape index (κ2) is 12.9. The van der Waals surface area contributed by atoms with Gasteiger partial charge in [0, 0.05) is 5.56 Å². The molecule has 5 atom stereocenters. The third-order valence-corrected chi connectivity index (χ3v) is 7.93. The van der Waals surface area contributed by atoms with Crippen molar-refractivity contribution in [3.8, 4) is 16.9 Å². The molecule has 0 aromatic heterocycles. The molecule has 3 rings (SSSR count). The van der Waals surface area contributed by atoms with Crippen LogP contribution in [-0.4, -0.2) is 77.1 Å². The Morgan fingerprint density at radius 3 is 2.34 bits per heavy atom. The van der Waals surface area contributed by atoms with Crippen LogP contribution in [0.15, 0.2) is 48.5 Å². The van der Waals surface area contributed by atoms with Crippen LogP contribution in [0, 0.1) is 0 Å². The first kappa shape index (κ1) is 27.8. The summed E-state index contributed by atoms with van der Waals surface area (Å²) < 4.78 is 34.8. The molecule has 1 saturated heterocycles. The molecule has 0 radical (unpaired) electrons. The minimum atomic E-state index is -3.09. The lowest BCUT2D eigenvalue weighted by molar-refractivity contribution is -0.277. The van der Waals surface area contributed by atoms with Gasteiger partial charge in [-0.1, -0.05) is 42.5 Å². The van der Waals surface area contributed by atoms with Crippen molar-refractivity contribution in [2.75, 3.05) is 26.0 Å². The highest BCUT2D eigenvalue weighted by Crippen LogP contribution is 2.48. The molecule has 1 aliphatic heterocycles. The molecule has 1 fully saturated rings. The number of para-hydroxylation sites is 1. The maximum atomic E-state index is 12.7. The van der Waals surface area contributed by atoms with E-state index in [4.69, 9.17) is 18.5 Å². The molecule has 194 valence electrons. The Morgan fingerprint density at radius 1 is 0.943 bits per heavy atom. The molecular weight excluding hydrogens is 475 g/mol. The zero-order chi connectivity index (χ0) is 25.4. The Kier molecular flexibility index (Phi) is 10.3. The normalized spacial score (nSPS) is 24.9. The van der Waals surface area contributed by atoms with Gasteiger partial charge in [0.1, 0.15) is 30.2 Å². The van der Waals surface area contributed by atoms with E-state index in [0.717, 1.165) is 16.7 Å². The van der Waals surface area contributed by atoms with Gasteiger partial charge in [-0.25, -0.2) is 0 Å². The Bertz CT molecular complexity index is 973. The van der Waals surface area contributed by atoms with Crippen molar-refractivity contribution >= 4 is 7.60 Å². The van der Waals surface area contributed by atoms with E-state index in [1.165, 1.54) is 0 Å². The summed E-state index contributed by atoms with van der Waals surface area (Å²) in [5, 5.41) is 39.8. The van der Waals surface area contributed by atoms with Gasteiger partial charge < -0.3 is 38.9 Å². The van der Waals surface area contributed by atoms with Gasteiger partial charge in [-0.2, -0.15) is 0 Å². The summed E-state index contributed by atoms with van der Waals surface area (Å²) >= 11 is 0. The molecule has 0 unspecified atom stereocenters. The van der Waals surface area contributed by atoms with E-state index in [-0.39, 0.29) is 0 Å². The van der Waals surface area contributed by atoms with E-state index in [2.05, 4.69) is 0 Å². The SMILES string of the molecule is CCOP(=O)(CCCc1cccc(-c2ccccc2O[C@@H]2O[C@H](CO)[C@@H](O)[C@H](O)[C@@H]2O)c1)OCC. The molecule has 4 N–H and O–H groups in total. The van der Waals surface area contributed by atoms with Crippen LogP contribution >= 0.6 is 7.60 Å². The van der Waals surface area contributed by atoms with Crippen molar-refractivity contribution in [2.45, 2.75) is 57.4 Å². The fourth-order valence-corrected chi connectivity index (χ4v) is 5.69. The molecule has 0 spiro atoms. The first-order valence-electron chi connectivity index (χ1n) is 11.9. The van der Waals surface area contributed by atoms with Gasteiger partial charge in [0.05, 0.1) is 26.0 Å². The van der Waals surface area contributed by atoms with Crippen LogP contribution in [0.2, 0.25) is 0 Å². The van der Waals surface area contributed by atoms with Gasteiger partial charge in [-0.3, -0.25) is 4.57 Å². The molecule has 1 aliphatic rings. The highest BCUT2D eigenvalue weighted by molar-refractivity contribution is 7.53. The lowest BCUT2D eigenvalue weighted by Crippen LogP contribution is -2.60. The van der Waals surface area contributed by atoms with Crippen molar-refractivity contribution < 1.29 is 43.5 Å². The van der Waals surface area contributed by atoms with Gasteiger partial charge in [0.15, 0.2) is 0 Å². The van der Waals surface area contributed by atoms with Gasteiger partial charge in [0.2, 0.25) is 6.29 Å². The third-order valence-electron chi connectivity index (χ3n) is 5.77. The quantitative estimate of drug-likeness (QED) is 0.318. The summed E-state index contributed by atoms with van der Waals surface area (Å²) in [6.07, 6.45) is -5.18. The van der Waals surface area contributed by atoms with Crippen LogP contribution in [-0.2, 0) is 24.8 Å². The molecule has 0 aliphatic carbocycles. The Balaban J connectivity index is 1.74. The number of hydrogen-bond acceptors (Lipinski definition) is 9. The number of rotatable bonds is 12. The first-order chi connectivity index (χ1) is 16.8. The predicted octanol–water partition coefficient (Wildman–Crippen LogP) is 2.73. The molecule has 0 amide bonds. The number of ether oxygens (including phenoxy) is 2. The second-order valence-corrected chi connectivity index (χ2v) is 10.5. The average Bonchev–Trinajstić information content (AvgIpc) is 2.85. The molecule has 35 heavy (non-hydrogen) atoms. The van der Waals surface area contributed by atoms with Crippen LogP contribution in [0.5, 0.6) is 5.75 Å². The lowest BCUT2D eigenvalue weighted by Gasteiger charge is -2.39. The number of benzene rings is 2. The molecule has 9 nitrogen and oxygen atoms in total. The Labute approximate surface area is 205 Å². The molecular formula is C25H35O9P. The second-order valence-electron chi connectivity index (χ2n) is 8.29. The van der Waals surface area contributed by atoms with Crippen molar-refractivity contribution in [3.05, 3.63) is 54.1 Å². The minimum Gasteiger partial charge on any atom is -0.461 e. The van der Waals surface area contributed by atoms with Crippen LogP contribution < -0.4 is 4.74 Å². The van der Waals surface area contributed by atoms with E-state index < -0.39 is 44.9 Å². The highest BCUT2D eigenvalue weighted by Gasteiger charge is 2.44. The molecule has 2 aromatic carbocycles. The topological polar surface area (TPSA) is 135 Å². The fraction of sp³-hybridized carbons (Fsp3) is 0.520. The summed E-state index contributed by atoms with van der Waals surface area (Å²) in [5.74, 6) is 0.408. The van der Waals surface area contributed by atoms with Crippen molar-refractivity contribution in [3.63, 3.8) is 0 Å². The smallest absolute Gasteiger partial charge is 0.330 e. The Morgan fingerprint density at radius 2 is 1.66 bits per heavy atom. The van der Waals surface area contributed by atoms with E-state index in [1.54, 1.807) is 26.0 Å². The van der Waals surface area contributed by atoms with E-state index in [0.29, 0.717) is 38.0 Å². The van der Waals surface area contributed by atoms with E-state index >= 15 is 0 Å². The van der Waals surface area contributed by atoms with Crippen LogP contribution in [0.4, 0.5) is 0 Å². The molecule has 0 bridgehead atoms. The summed E-state index contributed by atoms with van der Waals surface area (Å²) in [6.45, 7) is 3.71. The third kappa shape index (κ3) is 7.12.